The summed E-state index contributed by atoms with van der Waals surface area (Å²) in [7, 11) is 0. The molecule has 0 saturated heterocycles. The van der Waals surface area contributed by atoms with Gasteiger partial charge >= 0.3 is 0 Å². The smallest absolute Gasteiger partial charge is 0.244 e. The van der Waals surface area contributed by atoms with Crippen LogP contribution in [0.15, 0.2) is 48.5 Å². The highest BCUT2D eigenvalue weighted by Crippen LogP contribution is 2.28. The van der Waals surface area contributed by atoms with Crippen LogP contribution in [0.4, 0.5) is 11.4 Å². The predicted molar refractivity (Wildman–Crippen MR) is 105 cm³/mol. The van der Waals surface area contributed by atoms with Crippen LogP contribution in [0.25, 0.3) is 0 Å². The van der Waals surface area contributed by atoms with Crippen molar-refractivity contribution in [1.82, 2.24) is 0 Å². The first-order valence-corrected chi connectivity index (χ1v) is 8.82. The van der Waals surface area contributed by atoms with Crippen LogP contribution in [0.1, 0.15) is 39.2 Å². The number of benzene rings is 2. The zero-order valence-electron chi connectivity index (χ0n) is 15.8. The molecule has 0 atom stereocenters. The van der Waals surface area contributed by atoms with E-state index in [1.807, 2.05) is 43.3 Å². The maximum atomic E-state index is 12.6. The number of hydrogen-bond acceptors (Lipinski definition) is 3. The summed E-state index contributed by atoms with van der Waals surface area (Å²) in [6.45, 7) is 7.94. The van der Waals surface area contributed by atoms with E-state index in [4.69, 9.17) is 4.74 Å². The third-order valence-corrected chi connectivity index (χ3v) is 3.99. The lowest BCUT2D eigenvalue weighted by molar-refractivity contribution is -0.120. The topological polar surface area (TPSA) is 58.6 Å². The van der Waals surface area contributed by atoms with Gasteiger partial charge in [-0.25, -0.2) is 0 Å². The Hall–Kier alpha value is -2.82. The molecule has 0 heterocycles. The summed E-state index contributed by atoms with van der Waals surface area (Å²) < 4.78 is 5.53. The molecule has 0 aliphatic heterocycles. The van der Waals surface area contributed by atoms with Gasteiger partial charge in [-0.05, 0) is 36.6 Å². The second kappa shape index (κ2) is 9.04. The standard InChI is InChI=1S/C21H26N2O3/c1-5-26-20-13-9-7-11-18(20)22-21(25)14-23(16(4)24)19-12-8-6-10-17(19)15(2)3/h6-13,15H,5,14H2,1-4H3,(H,22,25). The third-order valence-electron chi connectivity index (χ3n) is 3.99. The maximum absolute atomic E-state index is 12.6. The van der Waals surface area contributed by atoms with Gasteiger partial charge in [0.05, 0.1) is 12.3 Å². The van der Waals surface area contributed by atoms with E-state index in [0.29, 0.717) is 18.0 Å². The molecule has 0 fully saturated rings. The number of hydrogen-bond donors (Lipinski definition) is 1. The van der Waals surface area contributed by atoms with E-state index in [9.17, 15) is 9.59 Å². The van der Waals surface area contributed by atoms with E-state index < -0.39 is 0 Å². The Kier molecular flexibility index (Phi) is 6.78. The zero-order valence-corrected chi connectivity index (χ0v) is 15.8. The van der Waals surface area contributed by atoms with Crippen molar-refractivity contribution in [2.45, 2.75) is 33.6 Å². The molecule has 2 amide bonds. The molecule has 1 N–H and O–H groups in total. The first-order chi connectivity index (χ1) is 12.4. The average Bonchev–Trinajstić information content (AvgIpc) is 2.61. The lowest BCUT2D eigenvalue weighted by Gasteiger charge is -2.25. The molecule has 2 aromatic carbocycles. The average molecular weight is 354 g/mol. The summed E-state index contributed by atoms with van der Waals surface area (Å²) in [5, 5.41) is 2.84. The van der Waals surface area contributed by atoms with Gasteiger partial charge in [0.15, 0.2) is 0 Å². The number of carbonyl (C=O) groups excluding carboxylic acids is 2. The summed E-state index contributed by atoms with van der Waals surface area (Å²) in [6.07, 6.45) is 0. The van der Waals surface area contributed by atoms with Crippen molar-refractivity contribution < 1.29 is 14.3 Å². The normalized spacial score (nSPS) is 10.5. The Morgan fingerprint density at radius 1 is 1.08 bits per heavy atom. The SMILES string of the molecule is CCOc1ccccc1NC(=O)CN(C(C)=O)c1ccccc1C(C)C. The quantitative estimate of drug-likeness (QED) is 0.811. The molecule has 5 nitrogen and oxygen atoms in total. The highest BCUT2D eigenvalue weighted by Gasteiger charge is 2.20. The molecule has 0 saturated carbocycles. The second-order valence-corrected chi connectivity index (χ2v) is 6.30. The van der Waals surface area contributed by atoms with Crippen molar-refractivity contribution in [2.24, 2.45) is 0 Å². The first-order valence-electron chi connectivity index (χ1n) is 8.82. The van der Waals surface area contributed by atoms with Gasteiger partial charge in [0, 0.05) is 12.6 Å². The molecule has 5 heteroatoms. The lowest BCUT2D eigenvalue weighted by atomic mass is 10.0. The summed E-state index contributed by atoms with van der Waals surface area (Å²) in [5.74, 6) is 0.410. The van der Waals surface area contributed by atoms with Gasteiger partial charge in [-0.15, -0.1) is 0 Å². The van der Waals surface area contributed by atoms with Crippen LogP contribution in [0.3, 0.4) is 0 Å². The molecule has 0 spiro atoms. The van der Waals surface area contributed by atoms with Crippen molar-refractivity contribution >= 4 is 23.2 Å². The molecular formula is C21H26N2O3. The van der Waals surface area contributed by atoms with Gasteiger partial charge in [0.25, 0.3) is 0 Å². The highest BCUT2D eigenvalue weighted by molar-refractivity contribution is 6.02. The van der Waals surface area contributed by atoms with E-state index in [0.717, 1.165) is 11.3 Å². The summed E-state index contributed by atoms with van der Waals surface area (Å²) in [4.78, 5) is 26.3. The molecule has 0 aliphatic carbocycles. The molecular weight excluding hydrogens is 328 g/mol. The number of nitrogens with one attached hydrogen (secondary N) is 1. The molecule has 0 aliphatic rings. The van der Waals surface area contributed by atoms with Crippen LogP contribution in [0.2, 0.25) is 0 Å². The molecule has 138 valence electrons. The Bertz CT molecular complexity index is 771. The minimum Gasteiger partial charge on any atom is -0.492 e. The molecule has 0 bridgehead atoms. The molecule has 0 aromatic heterocycles. The lowest BCUT2D eigenvalue weighted by Crippen LogP contribution is -2.37. The number of para-hydroxylation sites is 3. The minimum atomic E-state index is -0.272. The van der Waals surface area contributed by atoms with Crippen molar-refractivity contribution in [3.8, 4) is 5.75 Å². The van der Waals surface area contributed by atoms with Crippen LogP contribution in [0.5, 0.6) is 5.75 Å². The Morgan fingerprint density at radius 3 is 2.38 bits per heavy atom. The fourth-order valence-electron chi connectivity index (χ4n) is 2.77. The van der Waals surface area contributed by atoms with Gasteiger partial charge in [0.2, 0.25) is 11.8 Å². The predicted octanol–water partition coefficient (Wildman–Crippen LogP) is 4.20. The van der Waals surface area contributed by atoms with Gasteiger partial charge in [-0.2, -0.15) is 0 Å². The fraction of sp³-hybridized carbons (Fsp3) is 0.333. The van der Waals surface area contributed by atoms with Gasteiger partial charge in [-0.3, -0.25) is 9.59 Å². The Labute approximate surface area is 155 Å². The largest absolute Gasteiger partial charge is 0.492 e. The van der Waals surface area contributed by atoms with E-state index in [1.54, 1.807) is 12.1 Å². The van der Waals surface area contributed by atoms with Crippen LogP contribution in [-0.4, -0.2) is 25.0 Å². The third kappa shape index (κ3) is 4.85. The number of anilines is 2. The van der Waals surface area contributed by atoms with E-state index in [2.05, 4.69) is 19.2 Å². The molecule has 26 heavy (non-hydrogen) atoms. The van der Waals surface area contributed by atoms with E-state index in [1.165, 1.54) is 11.8 Å². The van der Waals surface area contributed by atoms with Crippen LogP contribution < -0.4 is 15.0 Å². The first kappa shape index (κ1) is 19.5. The number of amides is 2. The van der Waals surface area contributed by atoms with Crippen molar-refractivity contribution in [3.63, 3.8) is 0 Å². The number of nitrogens with zero attached hydrogens (tertiary/aromatic N) is 1. The van der Waals surface area contributed by atoms with Crippen molar-refractivity contribution in [3.05, 3.63) is 54.1 Å². The van der Waals surface area contributed by atoms with Gasteiger partial charge < -0.3 is 15.0 Å². The summed E-state index contributed by atoms with van der Waals surface area (Å²) >= 11 is 0. The molecule has 2 aromatic rings. The van der Waals surface area contributed by atoms with Gasteiger partial charge in [-0.1, -0.05) is 44.2 Å². The van der Waals surface area contributed by atoms with Gasteiger partial charge in [0.1, 0.15) is 12.3 Å². The van der Waals surface area contributed by atoms with Crippen LogP contribution in [0, 0.1) is 0 Å². The summed E-state index contributed by atoms with van der Waals surface area (Å²) in [5.41, 5.74) is 2.40. The van der Waals surface area contributed by atoms with Crippen LogP contribution in [-0.2, 0) is 9.59 Å². The maximum Gasteiger partial charge on any atom is 0.244 e. The van der Waals surface area contributed by atoms with Crippen molar-refractivity contribution in [2.75, 3.05) is 23.4 Å². The second-order valence-electron chi connectivity index (χ2n) is 6.30. The molecule has 0 unspecified atom stereocenters. The van der Waals surface area contributed by atoms with E-state index >= 15 is 0 Å². The summed E-state index contributed by atoms with van der Waals surface area (Å²) in [6, 6.07) is 14.9. The van der Waals surface area contributed by atoms with Crippen molar-refractivity contribution in [1.29, 1.82) is 0 Å². The number of ether oxygens (including phenoxy) is 1. The monoisotopic (exact) mass is 354 g/mol. The van der Waals surface area contributed by atoms with Crippen LogP contribution >= 0.6 is 0 Å². The highest BCUT2D eigenvalue weighted by atomic mass is 16.5. The van der Waals surface area contributed by atoms with E-state index in [-0.39, 0.29) is 24.3 Å². The molecule has 0 radical (unpaired) electrons. The Morgan fingerprint density at radius 2 is 1.73 bits per heavy atom. The fourth-order valence-corrected chi connectivity index (χ4v) is 2.77. The number of carbonyl (C=O) groups is 2. The molecule has 2 rings (SSSR count). The minimum absolute atomic E-state index is 0.0560. The zero-order chi connectivity index (χ0) is 19.1. The Balaban J connectivity index is 2.21. The number of rotatable bonds is 7.